The summed E-state index contributed by atoms with van der Waals surface area (Å²) in [5, 5.41) is 0. The van der Waals surface area contributed by atoms with Crippen molar-refractivity contribution < 1.29 is 13.9 Å². The molecule has 1 atom stereocenters. The molecule has 4 rings (SSSR count). The molecule has 7 heteroatoms. The SMILES string of the molecule is COc1cccc(-c2cnc(N)nc2[C@@H]2CCCCN2C(=O)c2ccc(F)cc2)c1. The zero-order chi connectivity index (χ0) is 21.1. The molecule has 0 aliphatic carbocycles. The molecule has 1 aliphatic rings. The number of halogens is 1. The fourth-order valence-corrected chi connectivity index (χ4v) is 3.89. The second-order valence-electron chi connectivity index (χ2n) is 7.28. The highest BCUT2D eigenvalue weighted by Gasteiger charge is 2.32. The lowest BCUT2D eigenvalue weighted by molar-refractivity contribution is 0.0607. The second-order valence-corrected chi connectivity index (χ2v) is 7.28. The number of methoxy groups -OCH3 is 1. The van der Waals surface area contributed by atoms with Gasteiger partial charge in [0.2, 0.25) is 5.95 Å². The zero-order valence-corrected chi connectivity index (χ0v) is 16.7. The van der Waals surface area contributed by atoms with Gasteiger partial charge in [-0.05, 0) is 61.2 Å². The normalized spacial score (nSPS) is 16.3. The molecule has 6 nitrogen and oxygen atoms in total. The van der Waals surface area contributed by atoms with E-state index in [4.69, 9.17) is 10.5 Å². The highest BCUT2D eigenvalue weighted by Crippen LogP contribution is 2.37. The van der Waals surface area contributed by atoms with Crippen LogP contribution in [0.5, 0.6) is 5.75 Å². The summed E-state index contributed by atoms with van der Waals surface area (Å²) < 4.78 is 18.7. The van der Waals surface area contributed by atoms with Crippen molar-refractivity contribution in [2.24, 2.45) is 0 Å². The van der Waals surface area contributed by atoms with E-state index in [-0.39, 0.29) is 23.7 Å². The van der Waals surface area contributed by atoms with Crippen LogP contribution in [0.25, 0.3) is 11.1 Å². The van der Waals surface area contributed by atoms with Crippen molar-refractivity contribution >= 4 is 11.9 Å². The maximum Gasteiger partial charge on any atom is 0.254 e. The minimum absolute atomic E-state index is 0.145. The Hall–Kier alpha value is -3.48. The van der Waals surface area contributed by atoms with Crippen molar-refractivity contribution in [2.75, 3.05) is 19.4 Å². The Morgan fingerprint density at radius 2 is 2.00 bits per heavy atom. The fraction of sp³-hybridized carbons (Fsp3) is 0.261. The highest BCUT2D eigenvalue weighted by molar-refractivity contribution is 5.94. The van der Waals surface area contributed by atoms with Gasteiger partial charge >= 0.3 is 0 Å². The molecule has 0 bridgehead atoms. The summed E-state index contributed by atoms with van der Waals surface area (Å²) in [6, 6.07) is 13.0. The van der Waals surface area contributed by atoms with E-state index in [1.54, 1.807) is 13.3 Å². The molecule has 2 heterocycles. The number of likely N-dealkylation sites (tertiary alicyclic amines) is 1. The topological polar surface area (TPSA) is 81.3 Å². The van der Waals surface area contributed by atoms with Gasteiger partial charge < -0.3 is 15.4 Å². The van der Waals surface area contributed by atoms with Crippen LogP contribution in [0.1, 0.15) is 41.4 Å². The zero-order valence-electron chi connectivity index (χ0n) is 16.7. The summed E-state index contributed by atoms with van der Waals surface area (Å²) >= 11 is 0. The smallest absolute Gasteiger partial charge is 0.254 e. The van der Waals surface area contributed by atoms with Crippen LogP contribution in [0, 0.1) is 5.82 Å². The molecule has 2 N–H and O–H groups in total. The van der Waals surface area contributed by atoms with Gasteiger partial charge in [-0.2, -0.15) is 0 Å². The number of amides is 1. The standard InChI is InChI=1S/C23H23FN4O2/c1-30-18-6-4-5-16(13-18)19-14-26-23(25)27-21(19)20-7-2-3-12-28(20)22(29)15-8-10-17(24)11-9-15/h4-6,8-11,13-14,20H,2-3,7,12H2,1H3,(H2,25,26,27)/t20-/m0/s1. The van der Waals surface area contributed by atoms with Crippen molar-refractivity contribution in [3.05, 3.63) is 71.8 Å². The first-order valence-electron chi connectivity index (χ1n) is 9.90. The molecule has 0 saturated carbocycles. The average Bonchev–Trinajstić information content (AvgIpc) is 2.79. The first kappa shape index (κ1) is 19.8. The van der Waals surface area contributed by atoms with Gasteiger partial charge in [-0.3, -0.25) is 4.79 Å². The molecule has 30 heavy (non-hydrogen) atoms. The number of rotatable bonds is 4. The number of nitrogens with zero attached hydrogens (tertiary/aromatic N) is 3. The molecule has 3 aromatic rings. The number of benzene rings is 2. The van der Waals surface area contributed by atoms with Crippen molar-refractivity contribution in [3.63, 3.8) is 0 Å². The molecule has 154 valence electrons. The third-order valence-electron chi connectivity index (χ3n) is 5.39. The molecule has 0 spiro atoms. The summed E-state index contributed by atoms with van der Waals surface area (Å²) in [4.78, 5) is 23.8. The number of anilines is 1. The summed E-state index contributed by atoms with van der Waals surface area (Å²) in [5.74, 6) is 0.369. The monoisotopic (exact) mass is 406 g/mol. The molecule has 1 amide bonds. The van der Waals surface area contributed by atoms with Gasteiger partial charge in [0.15, 0.2) is 0 Å². The fourth-order valence-electron chi connectivity index (χ4n) is 3.89. The lowest BCUT2D eigenvalue weighted by atomic mass is 9.93. The molecule has 1 aliphatic heterocycles. The van der Waals surface area contributed by atoms with E-state index in [9.17, 15) is 9.18 Å². The maximum absolute atomic E-state index is 13.3. The Morgan fingerprint density at radius 1 is 1.20 bits per heavy atom. The van der Waals surface area contributed by atoms with E-state index in [1.807, 2.05) is 29.2 Å². The van der Waals surface area contributed by atoms with Crippen LogP contribution in [-0.4, -0.2) is 34.4 Å². The van der Waals surface area contributed by atoms with Crippen molar-refractivity contribution in [3.8, 4) is 16.9 Å². The van der Waals surface area contributed by atoms with E-state index in [1.165, 1.54) is 24.3 Å². The number of carbonyl (C=O) groups is 1. The Balaban J connectivity index is 1.76. The van der Waals surface area contributed by atoms with E-state index >= 15 is 0 Å². The van der Waals surface area contributed by atoms with Gasteiger partial charge in [0.25, 0.3) is 5.91 Å². The number of nitrogen functional groups attached to an aromatic ring is 1. The molecular weight excluding hydrogens is 383 g/mol. The van der Waals surface area contributed by atoms with Gasteiger partial charge in [-0.25, -0.2) is 14.4 Å². The predicted octanol–water partition coefficient (Wildman–Crippen LogP) is 4.24. The van der Waals surface area contributed by atoms with Crippen LogP contribution in [0.15, 0.2) is 54.7 Å². The minimum Gasteiger partial charge on any atom is -0.497 e. The molecule has 0 unspecified atom stereocenters. The average molecular weight is 406 g/mol. The molecule has 2 aromatic carbocycles. The van der Waals surface area contributed by atoms with Crippen LogP contribution >= 0.6 is 0 Å². The summed E-state index contributed by atoms with van der Waals surface area (Å²) in [5.41, 5.74) is 8.80. The van der Waals surface area contributed by atoms with Gasteiger partial charge in [-0.15, -0.1) is 0 Å². The summed E-state index contributed by atoms with van der Waals surface area (Å²) in [6.45, 7) is 0.600. The van der Waals surface area contributed by atoms with E-state index in [2.05, 4.69) is 9.97 Å². The lowest BCUT2D eigenvalue weighted by Crippen LogP contribution is -2.39. The number of aromatic nitrogens is 2. The number of hydrogen-bond donors (Lipinski definition) is 1. The van der Waals surface area contributed by atoms with Crippen molar-refractivity contribution in [2.45, 2.75) is 25.3 Å². The molecule has 1 aromatic heterocycles. The predicted molar refractivity (Wildman–Crippen MR) is 112 cm³/mol. The van der Waals surface area contributed by atoms with Gasteiger partial charge in [0.1, 0.15) is 11.6 Å². The van der Waals surface area contributed by atoms with E-state index < -0.39 is 0 Å². The quantitative estimate of drug-likeness (QED) is 0.701. The molecule has 0 radical (unpaired) electrons. The van der Waals surface area contributed by atoms with Gasteiger partial charge in [0, 0.05) is 23.9 Å². The Labute approximate surface area is 174 Å². The number of carbonyl (C=O) groups excluding carboxylic acids is 1. The van der Waals surface area contributed by atoms with E-state index in [0.717, 1.165) is 36.1 Å². The molecular formula is C23H23FN4O2. The highest BCUT2D eigenvalue weighted by atomic mass is 19.1. The van der Waals surface area contributed by atoms with Crippen LogP contribution in [0.3, 0.4) is 0 Å². The Bertz CT molecular complexity index is 1060. The van der Waals surface area contributed by atoms with Crippen LogP contribution < -0.4 is 10.5 Å². The first-order chi connectivity index (χ1) is 14.6. The van der Waals surface area contributed by atoms with Gasteiger partial charge in [-0.1, -0.05) is 12.1 Å². The maximum atomic E-state index is 13.3. The van der Waals surface area contributed by atoms with Gasteiger partial charge in [0.05, 0.1) is 18.8 Å². The van der Waals surface area contributed by atoms with Crippen LogP contribution in [0.4, 0.5) is 10.3 Å². The summed E-state index contributed by atoms with van der Waals surface area (Å²) in [7, 11) is 1.61. The third-order valence-corrected chi connectivity index (χ3v) is 5.39. The Kier molecular flexibility index (Phi) is 5.61. The Morgan fingerprint density at radius 3 is 2.77 bits per heavy atom. The first-order valence-corrected chi connectivity index (χ1v) is 9.90. The molecule has 1 fully saturated rings. The molecule has 1 saturated heterocycles. The number of piperidine rings is 1. The van der Waals surface area contributed by atoms with Crippen molar-refractivity contribution in [1.29, 1.82) is 0 Å². The number of hydrogen-bond acceptors (Lipinski definition) is 5. The van der Waals surface area contributed by atoms with Crippen LogP contribution in [-0.2, 0) is 0 Å². The van der Waals surface area contributed by atoms with Crippen molar-refractivity contribution in [1.82, 2.24) is 14.9 Å². The number of ether oxygens (including phenoxy) is 1. The second kappa shape index (κ2) is 8.49. The third kappa shape index (κ3) is 3.96. The minimum atomic E-state index is -0.370. The van der Waals surface area contributed by atoms with E-state index in [0.29, 0.717) is 17.8 Å². The lowest BCUT2D eigenvalue weighted by Gasteiger charge is -2.36. The largest absolute Gasteiger partial charge is 0.497 e. The van der Waals surface area contributed by atoms with Crippen LogP contribution in [0.2, 0.25) is 0 Å². The number of nitrogens with two attached hydrogens (primary N) is 1. The summed E-state index contributed by atoms with van der Waals surface area (Å²) in [6.07, 6.45) is 4.33.